The van der Waals surface area contributed by atoms with Crippen LogP contribution >= 0.6 is 22.9 Å². The molecule has 0 aliphatic carbocycles. The average molecular weight is 295 g/mol. The molecule has 2 aromatic rings. The summed E-state index contributed by atoms with van der Waals surface area (Å²) < 4.78 is 39.0. The molecule has 0 amide bonds. The van der Waals surface area contributed by atoms with Crippen LogP contribution in [0.15, 0.2) is 12.1 Å². The maximum absolute atomic E-state index is 12.5. The normalized spacial score (nSPS) is 11.8. The molecule has 3 nitrogen and oxygen atoms in total. The summed E-state index contributed by atoms with van der Waals surface area (Å²) in [6, 6.07) is 2.35. The third-order valence-electron chi connectivity index (χ3n) is 2.28. The quantitative estimate of drug-likeness (QED) is 0.793. The Labute approximate surface area is 109 Å². The summed E-state index contributed by atoms with van der Waals surface area (Å²) in [5.41, 5.74) is -0.447. The zero-order valence-corrected chi connectivity index (χ0v) is 10.5. The van der Waals surface area contributed by atoms with Crippen LogP contribution in [-0.2, 0) is 13.2 Å². The highest BCUT2D eigenvalue weighted by atomic mass is 35.5. The number of carbonyl (C=O) groups excluding carboxylic acids is 1. The van der Waals surface area contributed by atoms with E-state index >= 15 is 0 Å². The molecule has 0 unspecified atom stereocenters. The van der Waals surface area contributed by atoms with Gasteiger partial charge < -0.3 is 0 Å². The van der Waals surface area contributed by atoms with Gasteiger partial charge in [0.2, 0.25) is 0 Å². The predicted molar refractivity (Wildman–Crippen MR) is 61.9 cm³/mol. The number of hydrogen-bond donors (Lipinski definition) is 0. The van der Waals surface area contributed by atoms with Crippen molar-refractivity contribution in [2.75, 3.05) is 0 Å². The van der Waals surface area contributed by atoms with Gasteiger partial charge in [0.05, 0.1) is 14.9 Å². The number of aryl methyl sites for hydroxylation is 1. The van der Waals surface area contributed by atoms with Crippen molar-refractivity contribution in [3.63, 3.8) is 0 Å². The number of carbonyl (C=O) groups is 1. The molecule has 0 saturated carbocycles. The van der Waals surface area contributed by atoms with Gasteiger partial charge in [-0.3, -0.25) is 9.48 Å². The van der Waals surface area contributed by atoms with Crippen molar-refractivity contribution in [1.29, 1.82) is 0 Å². The summed E-state index contributed by atoms with van der Waals surface area (Å²) in [5, 5.41) is 3.38. The van der Waals surface area contributed by atoms with Crippen LogP contribution in [0.4, 0.5) is 13.2 Å². The molecule has 2 rings (SSSR count). The Hall–Kier alpha value is -1.34. The van der Waals surface area contributed by atoms with E-state index in [1.165, 1.54) is 13.1 Å². The summed E-state index contributed by atoms with van der Waals surface area (Å²) >= 11 is 6.76. The van der Waals surface area contributed by atoms with Gasteiger partial charge in [0, 0.05) is 12.6 Å². The summed E-state index contributed by atoms with van der Waals surface area (Å²) in [6.45, 7) is 0. The van der Waals surface area contributed by atoms with Crippen LogP contribution in [0, 0.1) is 0 Å². The summed E-state index contributed by atoms with van der Waals surface area (Å²) in [7, 11) is 1.38. The average Bonchev–Trinajstić information content (AvgIpc) is 2.80. The standard InChI is InChI=1S/C10H6ClF3N2OS/c1-16-6(3-8(15-16)10(12,13)14)5-2-9(11)18-7(5)4-17/h2-4H,1H3. The lowest BCUT2D eigenvalue weighted by molar-refractivity contribution is -0.141. The molecule has 2 aromatic heterocycles. The molecule has 0 bridgehead atoms. The molecule has 8 heteroatoms. The molecule has 0 aromatic carbocycles. The van der Waals surface area contributed by atoms with Crippen molar-refractivity contribution in [3.8, 4) is 11.3 Å². The monoisotopic (exact) mass is 294 g/mol. The van der Waals surface area contributed by atoms with Gasteiger partial charge in [-0.2, -0.15) is 18.3 Å². The fourth-order valence-electron chi connectivity index (χ4n) is 1.52. The number of nitrogens with zero attached hydrogens (tertiary/aromatic N) is 2. The fraction of sp³-hybridized carbons (Fsp3) is 0.200. The Kier molecular flexibility index (Phi) is 3.20. The first kappa shape index (κ1) is 13.1. The Morgan fingerprint density at radius 3 is 2.61 bits per heavy atom. The summed E-state index contributed by atoms with van der Waals surface area (Å²) in [5.74, 6) is 0. The van der Waals surface area contributed by atoms with Gasteiger partial charge in [0.1, 0.15) is 0 Å². The highest BCUT2D eigenvalue weighted by Gasteiger charge is 2.35. The van der Waals surface area contributed by atoms with Crippen LogP contribution in [0.2, 0.25) is 4.34 Å². The molecule has 18 heavy (non-hydrogen) atoms. The Bertz CT molecular complexity index is 603. The second kappa shape index (κ2) is 4.40. The van der Waals surface area contributed by atoms with Crippen LogP contribution in [0.5, 0.6) is 0 Å². The number of aromatic nitrogens is 2. The lowest BCUT2D eigenvalue weighted by Crippen LogP contribution is -2.06. The van der Waals surface area contributed by atoms with E-state index in [0.717, 1.165) is 22.1 Å². The van der Waals surface area contributed by atoms with Crippen molar-refractivity contribution in [3.05, 3.63) is 27.0 Å². The topological polar surface area (TPSA) is 34.9 Å². The van der Waals surface area contributed by atoms with Gasteiger partial charge in [-0.25, -0.2) is 0 Å². The van der Waals surface area contributed by atoms with Crippen LogP contribution in [0.25, 0.3) is 11.3 Å². The van der Waals surface area contributed by atoms with Crippen molar-refractivity contribution in [2.45, 2.75) is 6.18 Å². The number of thiophene rings is 1. The smallest absolute Gasteiger partial charge is 0.297 e. The lowest BCUT2D eigenvalue weighted by Gasteiger charge is -1.99. The summed E-state index contributed by atoms with van der Waals surface area (Å²) in [4.78, 5) is 11.1. The minimum Gasteiger partial charge on any atom is -0.297 e. The van der Waals surface area contributed by atoms with E-state index < -0.39 is 11.9 Å². The van der Waals surface area contributed by atoms with Crippen LogP contribution in [0.1, 0.15) is 15.4 Å². The summed E-state index contributed by atoms with van der Waals surface area (Å²) in [6.07, 6.45) is -3.96. The zero-order valence-electron chi connectivity index (χ0n) is 8.95. The van der Waals surface area contributed by atoms with Crippen LogP contribution in [0.3, 0.4) is 0 Å². The molecule has 0 aliphatic rings. The lowest BCUT2D eigenvalue weighted by atomic mass is 10.2. The van der Waals surface area contributed by atoms with Gasteiger partial charge in [-0.1, -0.05) is 11.6 Å². The van der Waals surface area contributed by atoms with Crippen molar-refractivity contribution in [2.24, 2.45) is 7.05 Å². The van der Waals surface area contributed by atoms with Gasteiger partial charge in [0.25, 0.3) is 0 Å². The van der Waals surface area contributed by atoms with Gasteiger partial charge in [-0.05, 0) is 12.1 Å². The van der Waals surface area contributed by atoms with Crippen molar-refractivity contribution >= 4 is 29.2 Å². The van der Waals surface area contributed by atoms with E-state index in [0.29, 0.717) is 16.2 Å². The molecule has 0 atom stereocenters. The molecule has 0 fully saturated rings. The minimum atomic E-state index is -4.52. The molecular weight excluding hydrogens is 289 g/mol. The third kappa shape index (κ3) is 2.28. The molecule has 0 saturated heterocycles. The van der Waals surface area contributed by atoms with Crippen LogP contribution in [-0.4, -0.2) is 16.1 Å². The second-order valence-corrected chi connectivity index (χ2v) is 5.20. The molecular formula is C10H6ClF3N2OS. The molecule has 0 spiro atoms. The number of aldehydes is 1. The molecule has 0 N–H and O–H groups in total. The fourth-order valence-corrected chi connectivity index (χ4v) is 2.59. The van der Waals surface area contributed by atoms with Gasteiger partial charge in [-0.15, -0.1) is 11.3 Å². The first-order valence-electron chi connectivity index (χ1n) is 4.69. The van der Waals surface area contributed by atoms with E-state index in [-0.39, 0.29) is 10.6 Å². The van der Waals surface area contributed by atoms with E-state index in [1.54, 1.807) is 0 Å². The first-order chi connectivity index (χ1) is 8.32. The van der Waals surface area contributed by atoms with Crippen molar-refractivity contribution < 1.29 is 18.0 Å². The molecule has 2 heterocycles. The number of hydrogen-bond acceptors (Lipinski definition) is 3. The highest BCUT2D eigenvalue weighted by molar-refractivity contribution is 7.18. The van der Waals surface area contributed by atoms with E-state index in [4.69, 9.17) is 11.6 Å². The van der Waals surface area contributed by atoms with E-state index in [2.05, 4.69) is 5.10 Å². The molecule has 0 aliphatic heterocycles. The zero-order chi connectivity index (χ0) is 13.5. The molecule has 0 radical (unpaired) electrons. The number of rotatable bonds is 2. The predicted octanol–water partition coefficient (Wildman–Crippen LogP) is 3.63. The maximum atomic E-state index is 12.5. The SMILES string of the molecule is Cn1nc(C(F)(F)F)cc1-c1cc(Cl)sc1C=O. The van der Waals surface area contributed by atoms with Gasteiger partial charge >= 0.3 is 6.18 Å². The largest absolute Gasteiger partial charge is 0.435 e. The third-order valence-corrected chi connectivity index (χ3v) is 3.47. The number of alkyl halides is 3. The number of halogens is 4. The minimum absolute atomic E-state index is 0.201. The Morgan fingerprint density at radius 2 is 2.11 bits per heavy atom. The maximum Gasteiger partial charge on any atom is 0.435 e. The second-order valence-electron chi connectivity index (χ2n) is 3.48. The van der Waals surface area contributed by atoms with E-state index in [9.17, 15) is 18.0 Å². The molecule has 96 valence electrons. The first-order valence-corrected chi connectivity index (χ1v) is 5.88. The van der Waals surface area contributed by atoms with Gasteiger partial charge in [0.15, 0.2) is 12.0 Å². The van der Waals surface area contributed by atoms with Crippen molar-refractivity contribution in [1.82, 2.24) is 9.78 Å². The highest BCUT2D eigenvalue weighted by Crippen LogP contribution is 2.36. The Morgan fingerprint density at radius 1 is 1.44 bits per heavy atom. The van der Waals surface area contributed by atoms with E-state index in [1.807, 2.05) is 0 Å². The van der Waals surface area contributed by atoms with Crippen LogP contribution < -0.4 is 0 Å². The Balaban J connectivity index is 2.57.